The van der Waals surface area contributed by atoms with Crippen molar-refractivity contribution in [1.29, 1.82) is 0 Å². The second-order valence-corrected chi connectivity index (χ2v) is 5.05. The molecule has 0 radical (unpaired) electrons. The predicted molar refractivity (Wildman–Crippen MR) is 82.5 cm³/mol. The minimum Gasteiger partial charge on any atom is -0.340 e. The topological polar surface area (TPSA) is 41.1 Å². The SMILES string of the molecule is CCCNCc1cnc(N(C)Cc2cccc(F)c2)nc1. The Morgan fingerprint density at radius 2 is 1.95 bits per heavy atom. The summed E-state index contributed by atoms with van der Waals surface area (Å²) >= 11 is 0. The van der Waals surface area contributed by atoms with Gasteiger partial charge in [-0.1, -0.05) is 19.1 Å². The first kappa shape index (κ1) is 15.4. The zero-order chi connectivity index (χ0) is 15.1. The Hall–Kier alpha value is -2.01. The molecule has 2 aromatic rings. The Labute approximate surface area is 125 Å². The van der Waals surface area contributed by atoms with Crippen LogP contribution in [0.2, 0.25) is 0 Å². The van der Waals surface area contributed by atoms with Crippen LogP contribution in [0.25, 0.3) is 0 Å². The lowest BCUT2D eigenvalue weighted by Crippen LogP contribution is -2.20. The normalized spacial score (nSPS) is 10.6. The van der Waals surface area contributed by atoms with Crippen LogP contribution >= 0.6 is 0 Å². The van der Waals surface area contributed by atoms with Gasteiger partial charge in [0.05, 0.1) is 0 Å². The number of benzene rings is 1. The van der Waals surface area contributed by atoms with Gasteiger partial charge in [-0.25, -0.2) is 14.4 Å². The van der Waals surface area contributed by atoms with Gasteiger partial charge in [0.1, 0.15) is 5.82 Å². The summed E-state index contributed by atoms with van der Waals surface area (Å²) < 4.78 is 13.2. The third-order valence-corrected chi connectivity index (χ3v) is 3.10. The van der Waals surface area contributed by atoms with E-state index >= 15 is 0 Å². The summed E-state index contributed by atoms with van der Waals surface area (Å²) in [7, 11) is 1.90. The Kier molecular flexibility index (Phi) is 5.63. The van der Waals surface area contributed by atoms with Gasteiger partial charge in [0.15, 0.2) is 0 Å². The van der Waals surface area contributed by atoms with E-state index in [1.807, 2.05) is 30.4 Å². The van der Waals surface area contributed by atoms with Gasteiger partial charge in [0.2, 0.25) is 5.95 Å². The number of hydrogen-bond acceptors (Lipinski definition) is 4. The number of nitrogens with zero attached hydrogens (tertiary/aromatic N) is 3. The summed E-state index contributed by atoms with van der Waals surface area (Å²) in [5.41, 5.74) is 1.96. The smallest absolute Gasteiger partial charge is 0.225 e. The zero-order valence-corrected chi connectivity index (χ0v) is 12.5. The molecule has 0 bridgehead atoms. The van der Waals surface area contributed by atoms with Crippen LogP contribution in [0.5, 0.6) is 0 Å². The summed E-state index contributed by atoms with van der Waals surface area (Å²) in [6.45, 7) is 4.47. The van der Waals surface area contributed by atoms with Gasteiger partial charge >= 0.3 is 0 Å². The van der Waals surface area contributed by atoms with E-state index in [2.05, 4.69) is 22.2 Å². The van der Waals surface area contributed by atoms with Gasteiger partial charge in [-0.2, -0.15) is 0 Å². The van der Waals surface area contributed by atoms with Crippen LogP contribution in [0.3, 0.4) is 0 Å². The Morgan fingerprint density at radius 1 is 1.19 bits per heavy atom. The van der Waals surface area contributed by atoms with Crippen molar-refractivity contribution in [2.75, 3.05) is 18.5 Å². The molecular weight excluding hydrogens is 267 g/mol. The summed E-state index contributed by atoms with van der Waals surface area (Å²) in [6.07, 6.45) is 4.76. The van der Waals surface area contributed by atoms with E-state index in [0.29, 0.717) is 12.5 Å². The van der Waals surface area contributed by atoms with Crippen LogP contribution in [0, 0.1) is 5.82 Å². The van der Waals surface area contributed by atoms with Crippen molar-refractivity contribution in [3.63, 3.8) is 0 Å². The standard InChI is InChI=1S/C16H21FN4/c1-3-7-18-9-14-10-19-16(20-11-14)21(2)12-13-5-4-6-15(17)8-13/h4-6,8,10-11,18H,3,7,9,12H2,1-2H3. The molecule has 112 valence electrons. The molecule has 0 unspecified atom stereocenters. The van der Waals surface area contributed by atoms with Crippen molar-refractivity contribution in [2.24, 2.45) is 0 Å². The monoisotopic (exact) mass is 288 g/mol. The highest BCUT2D eigenvalue weighted by Crippen LogP contribution is 2.11. The number of anilines is 1. The molecule has 4 nitrogen and oxygen atoms in total. The van der Waals surface area contributed by atoms with Crippen molar-refractivity contribution >= 4 is 5.95 Å². The van der Waals surface area contributed by atoms with Crippen molar-refractivity contribution in [3.05, 3.63) is 53.6 Å². The molecule has 1 aromatic carbocycles. The molecule has 0 spiro atoms. The highest BCUT2D eigenvalue weighted by molar-refractivity contribution is 5.31. The molecule has 0 aliphatic carbocycles. The van der Waals surface area contributed by atoms with Gasteiger partial charge in [0, 0.05) is 38.1 Å². The summed E-state index contributed by atoms with van der Waals surface area (Å²) in [4.78, 5) is 10.6. The molecule has 2 rings (SSSR count). The average Bonchev–Trinajstić information content (AvgIpc) is 2.48. The summed E-state index contributed by atoms with van der Waals surface area (Å²) in [5, 5.41) is 3.31. The highest BCUT2D eigenvalue weighted by Gasteiger charge is 2.06. The quantitative estimate of drug-likeness (QED) is 0.795. The molecule has 0 aliphatic heterocycles. The van der Waals surface area contributed by atoms with E-state index in [-0.39, 0.29) is 5.82 Å². The minimum absolute atomic E-state index is 0.223. The molecule has 1 aromatic heterocycles. The van der Waals surface area contributed by atoms with Crippen LogP contribution in [0.4, 0.5) is 10.3 Å². The molecule has 0 amide bonds. The van der Waals surface area contributed by atoms with E-state index in [4.69, 9.17) is 0 Å². The Balaban J connectivity index is 1.94. The van der Waals surface area contributed by atoms with E-state index in [9.17, 15) is 4.39 Å². The molecule has 21 heavy (non-hydrogen) atoms. The molecule has 1 heterocycles. The lowest BCUT2D eigenvalue weighted by atomic mass is 10.2. The van der Waals surface area contributed by atoms with Gasteiger partial charge in [-0.05, 0) is 30.7 Å². The fraction of sp³-hybridized carbons (Fsp3) is 0.375. The Morgan fingerprint density at radius 3 is 2.62 bits per heavy atom. The van der Waals surface area contributed by atoms with E-state index in [1.54, 1.807) is 6.07 Å². The van der Waals surface area contributed by atoms with E-state index < -0.39 is 0 Å². The summed E-state index contributed by atoms with van der Waals surface area (Å²) in [6, 6.07) is 6.57. The number of rotatable bonds is 7. The first-order valence-corrected chi connectivity index (χ1v) is 7.16. The number of halogens is 1. The number of aromatic nitrogens is 2. The fourth-order valence-electron chi connectivity index (χ4n) is 2.03. The molecule has 0 aliphatic rings. The Bertz CT molecular complexity index is 556. The molecular formula is C16H21FN4. The maximum absolute atomic E-state index is 13.2. The first-order valence-electron chi connectivity index (χ1n) is 7.16. The molecule has 1 N–H and O–H groups in total. The van der Waals surface area contributed by atoms with Gasteiger partial charge in [0.25, 0.3) is 0 Å². The predicted octanol–water partition coefficient (Wildman–Crippen LogP) is 2.75. The number of hydrogen-bond donors (Lipinski definition) is 1. The lowest BCUT2D eigenvalue weighted by Gasteiger charge is -2.17. The first-order chi connectivity index (χ1) is 10.2. The second kappa shape index (κ2) is 7.69. The lowest BCUT2D eigenvalue weighted by molar-refractivity contribution is 0.625. The van der Waals surface area contributed by atoms with Crippen molar-refractivity contribution in [3.8, 4) is 0 Å². The zero-order valence-electron chi connectivity index (χ0n) is 12.5. The van der Waals surface area contributed by atoms with Crippen molar-refractivity contribution in [2.45, 2.75) is 26.4 Å². The molecule has 0 saturated heterocycles. The largest absolute Gasteiger partial charge is 0.340 e. The molecule has 0 atom stereocenters. The fourth-order valence-corrected chi connectivity index (χ4v) is 2.03. The molecule has 0 fully saturated rings. The second-order valence-electron chi connectivity index (χ2n) is 5.05. The van der Waals surface area contributed by atoms with Crippen LogP contribution in [0.15, 0.2) is 36.7 Å². The van der Waals surface area contributed by atoms with Crippen LogP contribution in [-0.4, -0.2) is 23.6 Å². The van der Waals surface area contributed by atoms with E-state index in [1.165, 1.54) is 12.1 Å². The van der Waals surface area contributed by atoms with Crippen LogP contribution in [0.1, 0.15) is 24.5 Å². The minimum atomic E-state index is -0.223. The summed E-state index contributed by atoms with van der Waals surface area (Å²) in [5.74, 6) is 0.415. The van der Waals surface area contributed by atoms with Crippen molar-refractivity contribution in [1.82, 2.24) is 15.3 Å². The van der Waals surface area contributed by atoms with E-state index in [0.717, 1.165) is 30.6 Å². The van der Waals surface area contributed by atoms with Crippen LogP contribution in [-0.2, 0) is 13.1 Å². The number of nitrogens with one attached hydrogen (secondary N) is 1. The maximum Gasteiger partial charge on any atom is 0.225 e. The molecule has 0 saturated carbocycles. The van der Waals surface area contributed by atoms with Gasteiger partial charge in [-0.15, -0.1) is 0 Å². The maximum atomic E-state index is 13.2. The third kappa shape index (κ3) is 4.79. The van der Waals surface area contributed by atoms with Gasteiger partial charge in [-0.3, -0.25) is 0 Å². The van der Waals surface area contributed by atoms with Crippen molar-refractivity contribution < 1.29 is 4.39 Å². The van der Waals surface area contributed by atoms with Crippen LogP contribution < -0.4 is 10.2 Å². The molecule has 5 heteroatoms. The van der Waals surface area contributed by atoms with Gasteiger partial charge < -0.3 is 10.2 Å². The highest BCUT2D eigenvalue weighted by atomic mass is 19.1. The average molecular weight is 288 g/mol. The third-order valence-electron chi connectivity index (χ3n) is 3.10.